The van der Waals surface area contributed by atoms with Gasteiger partial charge in [0.25, 0.3) is 0 Å². The Hall–Kier alpha value is -2.12. The molecule has 0 aliphatic carbocycles. The second-order valence-electron chi connectivity index (χ2n) is 4.92. The van der Waals surface area contributed by atoms with Crippen LogP contribution >= 0.6 is 0 Å². The van der Waals surface area contributed by atoms with E-state index in [-0.39, 0.29) is 11.4 Å². The molecular formula is C15H19N3O3S. The van der Waals surface area contributed by atoms with E-state index in [0.717, 1.165) is 11.4 Å². The Bertz CT molecular complexity index is 728. The van der Waals surface area contributed by atoms with Crippen molar-refractivity contribution in [2.45, 2.75) is 11.4 Å². The normalized spacial score (nSPS) is 11.2. The van der Waals surface area contributed by atoms with Gasteiger partial charge in [-0.2, -0.15) is 0 Å². The molecule has 0 atom stereocenters. The van der Waals surface area contributed by atoms with Gasteiger partial charge in [0.05, 0.1) is 12.0 Å². The lowest BCUT2D eigenvalue weighted by atomic mass is 10.2. The third kappa shape index (κ3) is 3.96. The number of sulfonamides is 1. The number of pyridine rings is 1. The van der Waals surface area contributed by atoms with Gasteiger partial charge in [0.1, 0.15) is 11.6 Å². The van der Waals surface area contributed by atoms with Crippen LogP contribution in [0.15, 0.2) is 47.5 Å². The first-order chi connectivity index (χ1) is 10.4. The maximum Gasteiger partial charge on any atom is 0.240 e. The lowest BCUT2D eigenvalue weighted by Gasteiger charge is -2.12. The highest BCUT2D eigenvalue weighted by Gasteiger charge is 2.13. The maximum absolute atomic E-state index is 12.2. The van der Waals surface area contributed by atoms with Crippen molar-refractivity contribution in [3.05, 3.63) is 48.2 Å². The van der Waals surface area contributed by atoms with Gasteiger partial charge in [-0.3, -0.25) is 0 Å². The highest BCUT2D eigenvalue weighted by molar-refractivity contribution is 7.89. The quantitative estimate of drug-likeness (QED) is 0.875. The zero-order valence-electron chi connectivity index (χ0n) is 12.8. The number of anilines is 1. The Morgan fingerprint density at radius 3 is 2.45 bits per heavy atom. The molecule has 22 heavy (non-hydrogen) atoms. The summed E-state index contributed by atoms with van der Waals surface area (Å²) in [6, 6.07) is 9.88. The lowest BCUT2D eigenvalue weighted by Crippen LogP contribution is -2.23. The van der Waals surface area contributed by atoms with E-state index < -0.39 is 10.0 Å². The van der Waals surface area contributed by atoms with Crippen molar-refractivity contribution in [2.75, 3.05) is 26.1 Å². The molecule has 1 aromatic carbocycles. The predicted octanol–water partition coefficient (Wildman–Crippen LogP) is 1.63. The van der Waals surface area contributed by atoms with Crippen LogP contribution < -0.4 is 14.4 Å². The van der Waals surface area contributed by atoms with Crippen molar-refractivity contribution in [1.82, 2.24) is 9.71 Å². The maximum atomic E-state index is 12.2. The summed E-state index contributed by atoms with van der Waals surface area (Å²) in [6.45, 7) is 0.206. The van der Waals surface area contributed by atoms with E-state index in [1.54, 1.807) is 24.4 Å². The first-order valence-corrected chi connectivity index (χ1v) is 8.16. The van der Waals surface area contributed by atoms with Crippen LogP contribution in [0.5, 0.6) is 5.75 Å². The molecule has 1 aromatic heterocycles. The number of hydrogen-bond donors (Lipinski definition) is 1. The monoisotopic (exact) mass is 321 g/mol. The van der Waals surface area contributed by atoms with Gasteiger partial charge in [-0.25, -0.2) is 18.1 Å². The molecule has 7 heteroatoms. The minimum Gasteiger partial charge on any atom is -0.497 e. The Morgan fingerprint density at radius 2 is 1.86 bits per heavy atom. The lowest BCUT2D eigenvalue weighted by molar-refractivity contribution is 0.414. The van der Waals surface area contributed by atoms with Crippen molar-refractivity contribution >= 4 is 15.8 Å². The fourth-order valence-electron chi connectivity index (χ4n) is 1.83. The van der Waals surface area contributed by atoms with Crippen molar-refractivity contribution < 1.29 is 13.2 Å². The van der Waals surface area contributed by atoms with E-state index in [0.29, 0.717) is 5.75 Å². The molecule has 0 amide bonds. The van der Waals surface area contributed by atoms with E-state index in [4.69, 9.17) is 4.74 Å². The van der Waals surface area contributed by atoms with Crippen molar-refractivity contribution in [3.8, 4) is 5.75 Å². The summed E-state index contributed by atoms with van der Waals surface area (Å²) in [4.78, 5) is 6.26. The third-order valence-corrected chi connectivity index (χ3v) is 4.52. The molecule has 0 radical (unpaired) electrons. The summed E-state index contributed by atoms with van der Waals surface area (Å²) < 4.78 is 32.1. The molecule has 1 N–H and O–H groups in total. The second-order valence-corrected chi connectivity index (χ2v) is 6.68. The van der Waals surface area contributed by atoms with Crippen LogP contribution in [0.1, 0.15) is 5.56 Å². The van der Waals surface area contributed by atoms with Gasteiger partial charge < -0.3 is 9.64 Å². The summed E-state index contributed by atoms with van der Waals surface area (Å²) >= 11 is 0. The summed E-state index contributed by atoms with van der Waals surface area (Å²) in [7, 11) is 1.74. The molecular weight excluding hydrogens is 302 g/mol. The number of methoxy groups -OCH3 is 1. The number of aromatic nitrogens is 1. The van der Waals surface area contributed by atoms with Crippen LogP contribution in [-0.4, -0.2) is 34.6 Å². The van der Waals surface area contributed by atoms with Crippen molar-refractivity contribution in [1.29, 1.82) is 0 Å². The molecule has 1 heterocycles. The number of rotatable bonds is 6. The molecule has 118 valence electrons. The van der Waals surface area contributed by atoms with Crippen molar-refractivity contribution in [2.24, 2.45) is 0 Å². The zero-order chi connectivity index (χ0) is 16.2. The van der Waals surface area contributed by atoms with Crippen LogP contribution in [0.3, 0.4) is 0 Å². The van der Waals surface area contributed by atoms with E-state index in [1.165, 1.54) is 19.2 Å². The molecule has 0 spiro atoms. The second kappa shape index (κ2) is 6.76. The molecule has 0 bridgehead atoms. The number of nitrogens with one attached hydrogen (secondary N) is 1. The Morgan fingerprint density at radius 1 is 1.18 bits per heavy atom. The molecule has 0 unspecified atom stereocenters. The SMILES string of the molecule is COc1ccc(S(=O)(=O)NCc2ccnc(N(C)C)c2)cc1. The molecule has 0 saturated heterocycles. The van der Waals surface area contributed by atoms with Gasteiger partial charge in [-0.1, -0.05) is 0 Å². The van der Waals surface area contributed by atoms with Gasteiger partial charge in [0.15, 0.2) is 0 Å². The van der Waals surface area contributed by atoms with E-state index in [9.17, 15) is 8.42 Å². The highest BCUT2D eigenvalue weighted by atomic mass is 32.2. The Balaban J connectivity index is 2.10. The van der Waals surface area contributed by atoms with Crippen LogP contribution in [0.2, 0.25) is 0 Å². The smallest absolute Gasteiger partial charge is 0.240 e. The topological polar surface area (TPSA) is 71.5 Å². The standard InChI is InChI=1S/C15H19N3O3S/c1-18(2)15-10-12(8-9-16-15)11-17-22(19,20)14-6-4-13(21-3)5-7-14/h4-10,17H,11H2,1-3H3. The summed E-state index contributed by atoms with van der Waals surface area (Å²) in [6.07, 6.45) is 1.66. The van der Waals surface area contributed by atoms with E-state index in [2.05, 4.69) is 9.71 Å². The third-order valence-electron chi connectivity index (χ3n) is 3.10. The van der Waals surface area contributed by atoms with Gasteiger partial charge in [-0.15, -0.1) is 0 Å². The largest absolute Gasteiger partial charge is 0.497 e. The molecule has 2 aromatic rings. The fraction of sp³-hybridized carbons (Fsp3) is 0.267. The molecule has 0 aliphatic heterocycles. The van der Waals surface area contributed by atoms with Gasteiger partial charge in [0.2, 0.25) is 10.0 Å². The first kappa shape index (κ1) is 16.3. The molecule has 0 saturated carbocycles. The zero-order valence-corrected chi connectivity index (χ0v) is 13.6. The number of ether oxygens (including phenoxy) is 1. The molecule has 2 rings (SSSR count). The molecule has 6 nitrogen and oxygen atoms in total. The average Bonchev–Trinajstić information content (AvgIpc) is 2.53. The minimum absolute atomic E-state index is 0.204. The summed E-state index contributed by atoms with van der Waals surface area (Å²) in [5.41, 5.74) is 0.843. The van der Waals surface area contributed by atoms with E-state index >= 15 is 0 Å². The first-order valence-electron chi connectivity index (χ1n) is 6.68. The Kier molecular flexibility index (Phi) is 4.99. The van der Waals surface area contributed by atoms with Crippen LogP contribution in [0.4, 0.5) is 5.82 Å². The summed E-state index contributed by atoms with van der Waals surface area (Å²) in [5.74, 6) is 1.39. The van der Waals surface area contributed by atoms with E-state index in [1.807, 2.05) is 25.1 Å². The summed E-state index contributed by atoms with van der Waals surface area (Å²) in [5, 5.41) is 0. The number of hydrogen-bond acceptors (Lipinski definition) is 5. The van der Waals surface area contributed by atoms with Gasteiger partial charge in [-0.05, 0) is 42.0 Å². The number of nitrogens with zero attached hydrogens (tertiary/aromatic N) is 2. The van der Waals surface area contributed by atoms with Crippen LogP contribution in [0.25, 0.3) is 0 Å². The molecule has 0 aliphatic rings. The van der Waals surface area contributed by atoms with Gasteiger partial charge in [0, 0.05) is 26.8 Å². The fourth-order valence-corrected chi connectivity index (χ4v) is 2.85. The van der Waals surface area contributed by atoms with Crippen LogP contribution in [0, 0.1) is 0 Å². The Labute approximate surface area is 130 Å². The predicted molar refractivity (Wildman–Crippen MR) is 85.6 cm³/mol. The average molecular weight is 321 g/mol. The minimum atomic E-state index is -3.56. The number of benzene rings is 1. The van der Waals surface area contributed by atoms with Crippen molar-refractivity contribution in [3.63, 3.8) is 0 Å². The van der Waals surface area contributed by atoms with Crippen LogP contribution in [-0.2, 0) is 16.6 Å². The molecule has 0 fully saturated rings. The van der Waals surface area contributed by atoms with Gasteiger partial charge >= 0.3 is 0 Å². The highest BCUT2D eigenvalue weighted by Crippen LogP contribution is 2.16.